The van der Waals surface area contributed by atoms with Crippen LogP contribution in [-0.4, -0.2) is 4.57 Å². The van der Waals surface area contributed by atoms with E-state index in [1.807, 2.05) is 18.2 Å². The van der Waals surface area contributed by atoms with Gasteiger partial charge in [0.25, 0.3) is 0 Å². The van der Waals surface area contributed by atoms with Crippen LogP contribution in [0.3, 0.4) is 0 Å². The van der Waals surface area contributed by atoms with Crippen LogP contribution in [0.25, 0.3) is 104 Å². The van der Waals surface area contributed by atoms with E-state index < -0.39 is 0 Å². The molecule has 10 aromatic carbocycles. The van der Waals surface area contributed by atoms with Gasteiger partial charge in [-0.1, -0.05) is 146 Å². The Kier molecular flexibility index (Phi) is 6.96. The molecule has 0 aliphatic heterocycles. The summed E-state index contributed by atoms with van der Waals surface area (Å²) < 4.78 is 2.28. The van der Waals surface area contributed by atoms with E-state index in [1.54, 1.807) is 0 Å². The maximum atomic E-state index is 9.71. The minimum atomic E-state index is 0.655. The van der Waals surface area contributed by atoms with Gasteiger partial charge >= 0.3 is 0 Å². The van der Waals surface area contributed by atoms with Gasteiger partial charge in [-0.15, -0.1) is 0 Å². The maximum Gasteiger partial charge on any atom is 0.0992 e. The lowest BCUT2D eigenvalue weighted by atomic mass is 9.87. The predicted octanol–water partition coefficient (Wildman–Crippen LogP) is 14.3. The Labute approximate surface area is 318 Å². The van der Waals surface area contributed by atoms with Crippen LogP contribution in [-0.2, 0) is 0 Å². The van der Waals surface area contributed by atoms with Gasteiger partial charge in [0.2, 0.25) is 0 Å². The van der Waals surface area contributed by atoms with Gasteiger partial charge in [0.15, 0.2) is 0 Å². The van der Waals surface area contributed by atoms with Crippen LogP contribution in [0, 0.1) is 11.3 Å². The summed E-state index contributed by atoms with van der Waals surface area (Å²) in [7, 11) is 0. The maximum absolute atomic E-state index is 9.71. The second-order valence-corrected chi connectivity index (χ2v) is 14.4. The summed E-state index contributed by atoms with van der Waals surface area (Å²) in [5, 5.41) is 22.1. The molecule has 0 atom stereocenters. The first-order chi connectivity index (χ1) is 27.2. The van der Waals surface area contributed by atoms with Crippen molar-refractivity contribution in [1.29, 1.82) is 5.26 Å². The second kappa shape index (κ2) is 12.3. The third-order valence-corrected chi connectivity index (χ3v) is 11.4. The Morgan fingerprint density at radius 1 is 0.327 bits per heavy atom. The zero-order valence-corrected chi connectivity index (χ0v) is 29.9. The van der Waals surface area contributed by atoms with Gasteiger partial charge in [0, 0.05) is 16.5 Å². The van der Waals surface area contributed by atoms with Gasteiger partial charge < -0.3 is 4.57 Å². The molecule has 0 radical (unpaired) electrons. The lowest BCUT2D eigenvalue weighted by Crippen LogP contribution is -1.93. The monoisotopic (exact) mass is 696 g/mol. The molecule has 2 heteroatoms. The highest BCUT2D eigenvalue weighted by Crippen LogP contribution is 2.43. The summed E-state index contributed by atoms with van der Waals surface area (Å²) in [6, 6.07) is 72.4. The molecule has 11 aromatic rings. The normalized spacial score (nSPS) is 11.6. The number of fused-ring (bicyclic) bond motifs is 9. The van der Waals surface area contributed by atoms with Crippen LogP contribution in [0.5, 0.6) is 0 Å². The standard InChI is InChI=1S/C53H32N2/c54-33-34-18-26-46-47-27-25-39(30-53(47)55(52(46)28-34)41-12-2-1-3-13-41)36-19-22-37(23-20-36)48-31-50-45-17-9-7-15-43(45)49(32-51(50)44-16-8-6-14-42(44)48)40-24-21-35-10-4-5-11-38(35)29-40/h1-32H. The minimum absolute atomic E-state index is 0.655. The second-order valence-electron chi connectivity index (χ2n) is 14.4. The topological polar surface area (TPSA) is 28.7 Å². The van der Waals surface area contributed by atoms with Gasteiger partial charge in [0.05, 0.1) is 22.7 Å². The highest BCUT2D eigenvalue weighted by atomic mass is 15.0. The Hall–Kier alpha value is -7.47. The highest BCUT2D eigenvalue weighted by Gasteiger charge is 2.17. The zero-order valence-electron chi connectivity index (χ0n) is 29.9. The first kappa shape index (κ1) is 31.1. The number of nitriles is 1. The van der Waals surface area contributed by atoms with Crippen molar-refractivity contribution in [2.45, 2.75) is 0 Å². The summed E-state index contributed by atoms with van der Waals surface area (Å²) in [6.07, 6.45) is 0. The van der Waals surface area contributed by atoms with E-state index in [9.17, 15) is 5.26 Å². The predicted molar refractivity (Wildman–Crippen MR) is 232 cm³/mol. The first-order valence-electron chi connectivity index (χ1n) is 18.7. The third kappa shape index (κ3) is 4.95. The third-order valence-electron chi connectivity index (χ3n) is 11.4. The van der Waals surface area contributed by atoms with E-state index >= 15 is 0 Å². The molecule has 1 aromatic heterocycles. The molecule has 0 N–H and O–H groups in total. The highest BCUT2D eigenvalue weighted by molar-refractivity contribution is 6.24. The van der Waals surface area contributed by atoms with Crippen molar-refractivity contribution in [2.75, 3.05) is 0 Å². The molecule has 0 spiro atoms. The largest absolute Gasteiger partial charge is 0.309 e. The van der Waals surface area contributed by atoms with Crippen molar-refractivity contribution < 1.29 is 0 Å². The van der Waals surface area contributed by atoms with E-state index in [1.165, 1.54) is 70.7 Å². The number of aromatic nitrogens is 1. The average molecular weight is 697 g/mol. The molecular weight excluding hydrogens is 665 g/mol. The van der Waals surface area contributed by atoms with E-state index in [0.717, 1.165) is 33.2 Å². The summed E-state index contributed by atoms with van der Waals surface area (Å²) in [6.45, 7) is 0. The van der Waals surface area contributed by atoms with Crippen molar-refractivity contribution in [3.05, 3.63) is 200 Å². The Bertz CT molecular complexity index is 3360. The van der Waals surface area contributed by atoms with E-state index in [0.29, 0.717) is 5.56 Å². The quantitative estimate of drug-likeness (QED) is 0.168. The molecule has 0 aliphatic rings. The number of hydrogen-bond acceptors (Lipinski definition) is 1. The van der Waals surface area contributed by atoms with Gasteiger partial charge in [-0.25, -0.2) is 0 Å². The van der Waals surface area contributed by atoms with Crippen LogP contribution in [0.2, 0.25) is 0 Å². The summed E-state index contributed by atoms with van der Waals surface area (Å²) in [5.41, 5.74) is 11.1. The number of rotatable bonds is 4. The Balaban J connectivity index is 1.06. The SMILES string of the molecule is N#Cc1ccc2c3ccc(-c4ccc(-c5cc6c7ccccc7c(-c7ccc8ccccc8c7)cc6c6ccccc56)cc4)cc3n(-c3ccccc3)c2c1. The molecular formula is C53H32N2. The summed E-state index contributed by atoms with van der Waals surface area (Å²) >= 11 is 0. The molecule has 0 bridgehead atoms. The molecule has 0 saturated carbocycles. The average Bonchev–Trinajstić information content (AvgIpc) is 3.58. The molecule has 0 amide bonds. The van der Waals surface area contributed by atoms with Crippen LogP contribution in [0.4, 0.5) is 0 Å². The lowest BCUT2D eigenvalue weighted by molar-refractivity contribution is 1.18. The van der Waals surface area contributed by atoms with E-state index in [2.05, 4.69) is 187 Å². The smallest absolute Gasteiger partial charge is 0.0992 e. The van der Waals surface area contributed by atoms with E-state index in [-0.39, 0.29) is 0 Å². The molecule has 0 saturated heterocycles. The molecule has 0 unspecified atom stereocenters. The fraction of sp³-hybridized carbons (Fsp3) is 0. The molecule has 0 aliphatic carbocycles. The fourth-order valence-electron chi connectivity index (χ4n) is 8.75. The molecule has 2 nitrogen and oxygen atoms in total. The number of benzene rings is 10. The summed E-state index contributed by atoms with van der Waals surface area (Å²) in [5.74, 6) is 0. The van der Waals surface area contributed by atoms with Crippen LogP contribution in [0.15, 0.2) is 194 Å². The van der Waals surface area contributed by atoms with E-state index in [4.69, 9.17) is 0 Å². The van der Waals surface area contributed by atoms with Crippen molar-refractivity contribution in [3.8, 4) is 45.1 Å². The van der Waals surface area contributed by atoms with Crippen molar-refractivity contribution >= 4 is 64.9 Å². The van der Waals surface area contributed by atoms with Crippen molar-refractivity contribution in [3.63, 3.8) is 0 Å². The molecule has 11 rings (SSSR count). The van der Waals surface area contributed by atoms with Gasteiger partial charge in [-0.3, -0.25) is 0 Å². The van der Waals surface area contributed by atoms with Crippen LogP contribution >= 0.6 is 0 Å². The summed E-state index contributed by atoms with van der Waals surface area (Å²) in [4.78, 5) is 0. The van der Waals surface area contributed by atoms with Crippen molar-refractivity contribution in [2.24, 2.45) is 0 Å². The zero-order chi connectivity index (χ0) is 36.5. The van der Waals surface area contributed by atoms with Gasteiger partial charge in [0.1, 0.15) is 0 Å². The first-order valence-corrected chi connectivity index (χ1v) is 18.7. The molecule has 254 valence electrons. The number of hydrogen-bond donors (Lipinski definition) is 0. The number of para-hydroxylation sites is 1. The van der Waals surface area contributed by atoms with Crippen LogP contribution in [0.1, 0.15) is 5.56 Å². The minimum Gasteiger partial charge on any atom is -0.309 e. The molecule has 55 heavy (non-hydrogen) atoms. The molecule has 0 fully saturated rings. The lowest BCUT2D eigenvalue weighted by Gasteiger charge is -2.16. The van der Waals surface area contributed by atoms with Gasteiger partial charge in [-0.05, 0) is 125 Å². The van der Waals surface area contributed by atoms with Crippen LogP contribution < -0.4 is 0 Å². The Morgan fingerprint density at radius 2 is 0.855 bits per heavy atom. The molecule has 1 heterocycles. The Morgan fingerprint density at radius 3 is 1.55 bits per heavy atom. The van der Waals surface area contributed by atoms with Gasteiger partial charge in [-0.2, -0.15) is 5.26 Å². The van der Waals surface area contributed by atoms with Crippen molar-refractivity contribution in [1.82, 2.24) is 4.57 Å². The number of nitrogens with zero attached hydrogens (tertiary/aromatic N) is 2. The fourth-order valence-corrected chi connectivity index (χ4v) is 8.75.